The third kappa shape index (κ3) is 3.50. The van der Waals surface area contributed by atoms with Crippen LogP contribution in [0.5, 0.6) is 0 Å². The van der Waals surface area contributed by atoms with Gasteiger partial charge in [-0.1, -0.05) is 0 Å². The standard InChI is InChI=1S/C10H19NO2S/c1-10(2,9(12)13)14-8-7-11-5-3-4-6-11/h3-8H2,1-2H3,(H,12,13). The Bertz CT molecular complexity index is 200. The van der Waals surface area contributed by atoms with Crippen molar-refractivity contribution in [3.05, 3.63) is 0 Å². The van der Waals surface area contributed by atoms with Gasteiger partial charge in [0.2, 0.25) is 0 Å². The lowest BCUT2D eigenvalue weighted by Gasteiger charge is -2.20. The molecule has 0 amide bonds. The highest BCUT2D eigenvalue weighted by molar-refractivity contribution is 8.01. The molecule has 3 nitrogen and oxygen atoms in total. The Morgan fingerprint density at radius 3 is 2.50 bits per heavy atom. The van der Waals surface area contributed by atoms with Crippen LogP contribution in [-0.4, -0.2) is 46.1 Å². The Hall–Kier alpha value is -0.220. The Morgan fingerprint density at radius 1 is 1.43 bits per heavy atom. The number of rotatable bonds is 5. The highest BCUT2D eigenvalue weighted by Gasteiger charge is 2.27. The summed E-state index contributed by atoms with van der Waals surface area (Å²) in [5, 5.41) is 8.90. The number of carboxylic acid groups (broad SMARTS) is 1. The molecule has 1 aliphatic heterocycles. The smallest absolute Gasteiger partial charge is 0.319 e. The highest BCUT2D eigenvalue weighted by atomic mass is 32.2. The van der Waals surface area contributed by atoms with Crippen molar-refractivity contribution < 1.29 is 9.90 Å². The summed E-state index contributed by atoms with van der Waals surface area (Å²) in [6.45, 7) is 6.94. The monoisotopic (exact) mass is 217 g/mol. The van der Waals surface area contributed by atoms with Gasteiger partial charge in [-0.3, -0.25) is 4.79 Å². The van der Waals surface area contributed by atoms with E-state index in [1.54, 1.807) is 13.8 Å². The minimum atomic E-state index is -0.719. The number of nitrogens with zero attached hydrogens (tertiary/aromatic N) is 1. The van der Waals surface area contributed by atoms with Crippen molar-refractivity contribution >= 4 is 17.7 Å². The lowest BCUT2D eigenvalue weighted by atomic mass is 10.2. The second kappa shape index (κ2) is 5.03. The number of carbonyl (C=O) groups is 1. The highest BCUT2D eigenvalue weighted by Crippen LogP contribution is 2.24. The first kappa shape index (κ1) is 11.9. The number of hydrogen-bond donors (Lipinski definition) is 1. The summed E-state index contributed by atoms with van der Waals surface area (Å²) < 4.78 is -0.639. The van der Waals surface area contributed by atoms with Gasteiger partial charge in [0.15, 0.2) is 0 Å². The van der Waals surface area contributed by atoms with Crippen LogP contribution in [0.4, 0.5) is 0 Å². The maximum Gasteiger partial charge on any atom is 0.319 e. The molecule has 0 aromatic carbocycles. The van der Waals surface area contributed by atoms with Crippen LogP contribution in [-0.2, 0) is 4.79 Å². The van der Waals surface area contributed by atoms with Crippen molar-refractivity contribution in [2.45, 2.75) is 31.4 Å². The molecule has 14 heavy (non-hydrogen) atoms. The van der Waals surface area contributed by atoms with Gasteiger partial charge in [0, 0.05) is 12.3 Å². The molecular formula is C10H19NO2S. The predicted octanol–water partition coefficient (Wildman–Crippen LogP) is 1.68. The zero-order valence-electron chi connectivity index (χ0n) is 8.95. The molecule has 0 aromatic rings. The second-order valence-electron chi connectivity index (χ2n) is 4.21. The number of aliphatic carboxylic acids is 1. The van der Waals surface area contributed by atoms with Crippen molar-refractivity contribution in [2.24, 2.45) is 0 Å². The largest absolute Gasteiger partial charge is 0.480 e. The Balaban J connectivity index is 2.16. The number of hydrogen-bond acceptors (Lipinski definition) is 3. The summed E-state index contributed by atoms with van der Waals surface area (Å²) in [7, 11) is 0. The Kier molecular flexibility index (Phi) is 4.26. The molecule has 1 aliphatic rings. The molecule has 4 heteroatoms. The Morgan fingerprint density at radius 2 is 2.00 bits per heavy atom. The van der Waals surface area contributed by atoms with Gasteiger partial charge in [-0.05, 0) is 39.8 Å². The van der Waals surface area contributed by atoms with E-state index in [1.165, 1.54) is 37.7 Å². The van der Waals surface area contributed by atoms with Crippen LogP contribution in [0.15, 0.2) is 0 Å². The van der Waals surface area contributed by atoms with Gasteiger partial charge in [-0.25, -0.2) is 0 Å². The molecule has 1 fully saturated rings. The van der Waals surface area contributed by atoms with E-state index in [0.29, 0.717) is 0 Å². The van der Waals surface area contributed by atoms with Crippen molar-refractivity contribution in [2.75, 3.05) is 25.4 Å². The molecule has 1 heterocycles. The first-order valence-corrected chi connectivity index (χ1v) is 6.10. The molecule has 0 aromatic heterocycles. The van der Waals surface area contributed by atoms with E-state index >= 15 is 0 Å². The maximum absolute atomic E-state index is 10.8. The van der Waals surface area contributed by atoms with Gasteiger partial charge in [-0.15, -0.1) is 11.8 Å². The van der Waals surface area contributed by atoms with Crippen LogP contribution in [0, 0.1) is 0 Å². The molecular weight excluding hydrogens is 198 g/mol. The third-order valence-corrected chi connectivity index (χ3v) is 3.87. The van der Waals surface area contributed by atoms with Crippen LogP contribution in [0.2, 0.25) is 0 Å². The van der Waals surface area contributed by atoms with Gasteiger partial charge < -0.3 is 10.0 Å². The molecule has 1 N–H and O–H groups in total. The minimum absolute atomic E-state index is 0.639. The molecule has 0 unspecified atom stereocenters. The molecule has 82 valence electrons. The summed E-state index contributed by atoms with van der Waals surface area (Å²) in [6.07, 6.45) is 2.60. The molecule has 0 saturated carbocycles. The number of likely N-dealkylation sites (tertiary alicyclic amines) is 1. The summed E-state index contributed by atoms with van der Waals surface area (Å²) >= 11 is 1.53. The zero-order chi connectivity index (χ0) is 10.6. The maximum atomic E-state index is 10.8. The van der Waals surface area contributed by atoms with Gasteiger partial charge in [0.1, 0.15) is 4.75 Å². The molecule has 0 spiro atoms. The van der Waals surface area contributed by atoms with E-state index in [-0.39, 0.29) is 0 Å². The predicted molar refractivity (Wildman–Crippen MR) is 59.8 cm³/mol. The van der Waals surface area contributed by atoms with Crippen LogP contribution in [0.1, 0.15) is 26.7 Å². The summed E-state index contributed by atoms with van der Waals surface area (Å²) in [5.41, 5.74) is 0. The van der Waals surface area contributed by atoms with E-state index in [4.69, 9.17) is 5.11 Å². The topological polar surface area (TPSA) is 40.5 Å². The Labute approximate surface area is 89.9 Å². The lowest BCUT2D eigenvalue weighted by molar-refractivity contribution is -0.138. The fourth-order valence-corrected chi connectivity index (χ4v) is 2.48. The fourth-order valence-electron chi connectivity index (χ4n) is 1.50. The zero-order valence-corrected chi connectivity index (χ0v) is 9.77. The van der Waals surface area contributed by atoms with Gasteiger partial charge >= 0.3 is 5.97 Å². The first-order valence-electron chi connectivity index (χ1n) is 5.12. The molecule has 0 radical (unpaired) electrons. The van der Waals surface area contributed by atoms with E-state index in [1.807, 2.05) is 0 Å². The normalized spacial score (nSPS) is 18.7. The number of carboxylic acids is 1. The van der Waals surface area contributed by atoms with E-state index in [0.717, 1.165) is 12.3 Å². The van der Waals surface area contributed by atoms with Crippen LogP contribution in [0.3, 0.4) is 0 Å². The van der Waals surface area contributed by atoms with Crippen LogP contribution < -0.4 is 0 Å². The molecule has 1 rings (SSSR count). The van der Waals surface area contributed by atoms with Crippen LogP contribution >= 0.6 is 11.8 Å². The van der Waals surface area contributed by atoms with Crippen molar-refractivity contribution in [1.82, 2.24) is 4.90 Å². The van der Waals surface area contributed by atoms with Crippen molar-refractivity contribution in [1.29, 1.82) is 0 Å². The van der Waals surface area contributed by atoms with Crippen molar-refractivity contribution in [3.8, 4) is 0 Å². The van der Waals surface area contributed by atoms with Crippen LogP contribution in [0.25, 0.3) is 0 Å². The van der Waals surface area contributed by atoms with E-state index < -0.39 is 10.7 Å². The summed E-state index contributed by atoms with van der Waals surface area (Å²) in [4.78, 5) is 13.2. The third-order valence-electron chi connectivity index (χ3n) is 2.58. The molecule has 0 atom stereocenters. The second-order valence-corrected chi connectivity index (χ2v) is 5.93. The fraction of sp³-hybridized carbons (Fsp3) is 0.900. The van der Waals surface area contributed by atoms with Gasteiger partial charge in [0.05, 0.1) is 0 Å². The number of thioether (sulfide) groups is 1. The average Bonchev–Trinajstić information content (AvgIpc) is 2.56. The lowest BCUT2D eigenvalue weighted by Crippen LogP contribution is -2.30. The van der Waals surface area contributed by atoms with E-state index in [9.17, 15) is 4.79 Å². The van der Waals surface area contributed by atoms with Gasteiger partial charge in [0.25, 0.3) is 0 Å². The molecule has 1 saturated heterocycles. The van der Waals surface area contributed by atoms with Gasteiger partial charge in [-0.2, -0.15) is 0 Å². The summed E-state index contributed by atoms with van der Waals surface area (Å²) in [5.74, 6) is 0.197. The first-order chi connectivity index (χ1) is 6.52. The average molecular weight is 217 g/mol. The summed E-state index contributed by atoms with van der Waals surface area (Å²) in [6, 6.07) is 0. The minimum Gasteiger partial charge on any atom is -0.480 e. The SMILES string of the molecule is CC(C)(SCCN1CCCC1)C(=O)O. The van der Waals surface area contributed by atoms with Crippen molar-refractivity contribution in [3.63, 3.8) is 0 Å². The molecule has 0 aliphatic carbocycles. The molecule has 0 bridgehead atoms. The van der Waals surface area contributed by atoms with E-state index in [2.05, 4.69) is 4.90 Å². The quantitative estimate of drug-likeness (QED) is 0.760.